The van der Waals surface area contributed by atoms with Crippen molar-refractivity contribution in [1.82, 2.24) is 30.1 Å². The molecular weight excluding hydrogens is 308 g/mol. The minimum absolute atomic E-state index is 0.0346. The fraction of sp³-hybridized carbons (Fsp3) is 0.250. The van der Waals surface area contributed by atoms with E-state index >= 15 is 0 Å². The van der Waals surface area contributed by atoms with E-state index in [0.717, 1.165) is 11.3 Å². The van der Waals surface area contributed by atoms with Crippen LogP contribution in [0.1, 0.15) is 5.69 Å². The van der Waals surface area contributed by atoms with Gasteiger partial charge in [0.05, 0.1) is 13.6 Å². The summed E-state index contributed by atoms with van der Waals surface area (Å²) in [6, 6.07) is 11.1. The lowest BCUT2D eigenvalue weighted by atomic mass is 10.2. The highest BCUT2D eigenvalue weighted by molar-refractivity contribution is 5.77. The van der Waals surface area contributed by atoms with Gasteiger partial charge in [0.2, 0.25) is 5.82 Å². The van der Waals surface area contributed by atoms with Crippen molar-refractivity contribution >= 4 is 5.91 Å². The van der Waals surface area contributed by atoms with Crippen LogP contribution in [-0.4, -0.2) is 37.3 Å². The lowest BCUT2D eigenvalue weighted by Gasteiger charge is -2.08. The first kappa shape index (κ1) is 15.7. The summed E-state index contributed by atoms with van der Waals surface area (Å²) in [7, 11) is 3.65. The van der Waals surface area contributed by atoms with Gasteiger partial charge in [-0.25, -0.2) is 0 Å². The Morgan fingerprint density at radius 1 is 1.21 bits per heavy atom. The monoisotopic (exact) mass is 326 g/mol. The highest BCUT2D eigenvalue weighted by atomic mass is 16.5. The fourth-order valence-corrected chi connectivity index (χ4v) is 2.17. The van der Waals surface area contributed by atoms with Crippen LogP contribution in [0.2, 0.25) is 0 Å². The molecule has 0 saturated heterocycles. The number of ether oxygens (including phenoxy) is 1. The second-order valence-electron chi connectivity index (χ2n) is 5.30. The number of rotatable bonds is 6. The van der Waals surface area contributed by atoms with Crippen molar-refractivity contribution in [2.75, 3.05) is 6.61 Å². The molecule has 1 aromatic carbocycles. The quantitative estimate of drug-likeness (QED) is 0.727. The normalized spacial score (nSPS) is 10.6. The van der Waals surface area contributed by atoms with Gasteiger partial charge in [-0.3, -0.25) is 4.79 Å². The van der Waals surface area contributed by atoms with Gasteiger partial charge >= 0.3 is 0 Å². The third-order valence-electron chi connectivity index (χ3n) is 3.51. The molecule has 0 unspecified atom stereocenters. The van der Waals surface area contributed by atoms with E-state index in [0.29, 0.717) is 18.1 Å². The van der Waals surface area contributed by atoms with Crippen molar-refractivity contribution in [3.8, 4) is 17.1 Å². The summed E-state index contributed by atoms with van der Waals surface area (Å²) in [4.78, 5) is 13.2. The maximum Gasteiger partial charge on any atom is 0.258 e. The van der Waals surface area contributed by atoms with Crippen molar-refractivity contribution < 1.29 is 9.53 Å². The van der Waals surface area contributed by atoms with Gasteiger partial charge in [-0.2, -0.15) is 4.80 Å². The number of tetrazole rings is 1. The summed E-state index contributed by atoms with van der Waals surface area (Å²) in [6.07, 6.45) is 1.94. The summed E-state index contributed by atoms with van der Waals surface area (Å²) in [5, 5.41) is 14.7. The zero-order valence-electron chi connectivity index (χ0n) is 13.5. The molecule has 3 rings (SSSR count). The van der Waals surface area contributed by atoms with Gasteiger partial charge in [-0.1, -0.05) is 0 Å². The summed E-state index contributed by atoms with van der Waals surface area (Å²) in [5.74, 6) is 0.983. The SMILES string of the molecule is Cn1nnc(-c2ccc(OCC(=O)NCc3cccn3C)cc2)n1. The van der Waals surface area contributed by atoms with Gasteiger partial charge in [-0.15, -0.1) is 10.2 Å². The predicted molar refractivity (Wildman–Crippen MR) is 87.0 cm³/mol. The van der Waals surface area contributed by atoms with Crippen LogP contribution in [0.5, 0.6) is 5.75 Å². The van der Waals surface area contributed by atoms with Crippen LogP contribution in [0, 0.1) is 0 Å². The first-order chi connectivity index (χ1) is 11.6. The zero-order chi connectivity index (χ0) is 16.9. The molecule has 0 saturated carbocycles. The fourth-order valence-electron chi connectivity index (χ4n) is 2.17. The smallest absolute Gasteiger partial charge is 0.258 e. The first-order valence-electron chi connectivity index (χ1n) is 7.46. The number of hydrogen-bond acceptors (Lipinski definition) is 5. The third-order valence-corrected chi connectivity index (χ3v) is 3.51. The molecular formula is C16H18N6O2. The average Bonchev–Trinajstić information content (AvgIpc) is 3.20. The Balaban J connectivity index is 1.49. The highest BCUT2D eigenvalue weighted by Crippen LogP contribution is 2.18. The molecule has 0 atom stereocenters. The average molecular weight is 326 g/mol. The van der Waals surface area contributed by atoms with Gasteiger partial charge < -0.3 is 14.6 Å². The molecule has 0 aliphatic rings. The Morgan fingerprint density at radius 2 is 2.00 bits per heavy atom. The summed E-state index contributed by atoms with van der Waals surface area (Å²) in [6.45, 7) is 0.441. The van der Waals surface area contributed by atoms with E-state index in [2.05, 4.69) is 20.7 Å². The lowest BCUT2D eigenvalue weighted by molar-refractivity contribution is -0.123. The van der Waals surface area contributed by atoms with Crippen LogP contribution in [0.3, 0.4) is 0 Å². The number of nitrogens with zero attached hydrogens (tertiary/aromatic N) is 5. The van der Waals surface area contributed by atoms with E-state index < -0.39 is 0 Å². The summed E-state index contributed by atoms with van der Waals surface area (Å²) in [5.41, 5.74) is 1.87. The minimum atomic E-state index is -0.170. The van der Waals surface area contributed by atoms with Gasteiger partial charge in [-0.05, 0) is 41.6 Å². The molecule has 2 aromatic heterocycles. The molecule has 0 fully saturated rings. The third kappa shape index (κ3) is 3.78. The Hall–Kier alpha value is -3.16. The molecule has 0 radical (unpaired) electrons. The van der Waals surface area contributed by atoms with E-state index in [-0.39, 0.29) is 12.5 Å². The molecule has 3 aromatic rings. The molecule has 8 heteroatoms. The van der Waals surface area contributed by atoms with Crippen LogP contribution in [0.4, 0.5) is 0 Å². The van der Waals surface area contributed by atoms with Gasteiger partial charge in [0, 0.05) is 24.5 Å². The summed E-state index contributed by atoms with van der Waals surface area (Å²) >= 11 is 0. The Labute approximate surface area is 139 Å². The van der Waals surface area contributed by atoms with Gasteiger partial charge in [0.1, 0.15) is 5.75 Å². The maximum absolute atomic E-state index is 11.8. The van der Waals surface area contributed by atoms with E-state index in [1.165, 1.54) is 4.80 Å². The number of amides is 1. The van der Waals surface area contributed by atoms with E-state index in [1.807, 2.05) is 42.1 Å². The highest BCUT2D eigenvalue weighted by Gasteiger charge is 2.06. The lowest BCUT2D eigenvalue weighted by Crippen LogP contribution is -2.29. The number of aryl methyl sites for hydroxylation is 2. The molecule has 1 N–H and O–H groups in total. The topological polar surface area (TPSA) is 86.9 Å². The Kier molecular flexibility index (Phi) is 4.55. The number of carbonyl (C=O) groups excluding carboxylic acids is 1. The van der Waals surface area contributed by atoms with Crippen LogP contribution in [-0.2, 0) is 25.4 Å². The van der Waals surface area contributed by atoms with Gasteiger partial charge in [0.25, 0.3) is 5.91 Å². The second-order valence-corrected chi connectivity index (χ2v) is 5.30. The Morgan fingerprint density at radius 3 is 2.62 bits per heavy atom. The molecule has 24 heavy (non-hydrogen) atoms. The van der Waals surface area contributed by atoms with Crippen molar-refractivity contribution in [2.24, 2.45) is 14.1 Å². The first-order valence-corrected chi connectivity index (χ1v) is 7.46. The molecule has 124 valence electrons. The van der Waals surface area contributed by atoms with Crippen molar-refractivity contribution in [3.05, 3.63) is 48.3 Å². The predicted octanol–water partition coefficient (Wildman–Crippen LogP) is 0.911. The molecule has 1 amide bonds. The number of benzene rings is 1. The molecule has 0 bridgehead atoms. The number of aromatic nitrogens is 5. The molecule has 0 spiro atoms. The van der Waals surface area contributed by atoms with Crippen LogP contribution in [0.15, 0.2) is 42.6 Å². The van der Waals surface area contributed by atoms with Crippen LogP contribution < -0.4 is 10.1 Å². The number of nitrogens with one attached hydrogen (secondary N) is 1. The zero-order valence-corrected chi connectivity index (χ0v) is 13.5. The van der Waals surface area contributed by atoms with Crippen LogP contribution >= 0.6 is 0 Å². The largest absolute Gasteiger partial charge is 0.484 e. The molecule has 2 heterocycles. The minimum Gasteiger partial charge on any atom is -0.484 e. The maximum atomic E-state index is 11.8. The van der Waals surface area contributed by atoms with Crippen LogP contribution in [0.25, 0.3) is 11.4 Å². The van der Waals surface area contributed by atoms with E-state index in [1.54, 1.807) is 19.2 Å². The summed E-state index contributed by atoms with van der Waals surface area (Å²) < 4.78 is 7.44. The standard InChI is InChI=1S/C16H18N6O2/c1-21-9-3-4-13(21)10-17-15(23)11-24-14-7-5-12(6-8-14)16-18-20-22(2)19-16/h3-9H,10-11H2,1-2H3,(H,17,23). The Bertz CT molecular complexity index is 821. The van der Waals surface area contributed by atoms with E-state index in [9.17, 15) is 4.79 Å². The van der Waals surface area contributed by atoms with Crippen molar-refractivity contribution in [1.29, 1.82) is 0 Å². The van der Waals surface area contributed by atoms with Crippen molar-refractivity contribution in [2.45, 2.75) is 6.54 Å². The van der Waals surface area contributed by atoms with Gasteiger partial charge in [0.15, 0.2) is 6.61 Å². The second kappa shape index (κ2) is 6.95. The number of carbonyl (C=O) groups is 1. The number of hydrogen-bond donors (Lipinski definition) is 1. The molecule has 8 nitrogen and oxygen atoms in total. The molecule has 0 aliphatic heterocycles. The van der Waals surface area contributed by atoms with Crippen molar-refractivity contribution in [3.63, 3.8) is 0 Å². The molecule has 0 aliphatic carbocycles. The van der Waals surface area contributed by atoms with E-state index in [4.69, 9.17) is 4.74 Å².